The molecule has 2 N–H and O–H groups in total. The topological polar surface area (TPSA) is 57.5 Å². The van der Waals surface area contributed by atoms with Crippen molar-refractivity contribution in [1.29, 1.82) is 0 Å². The number of hydrogen-bond donors (Lipinski definition) is 2. The van der Waals surface area contributed by atoms with Gasteiger partial charge in [-0.25, -0.2) is 15.4 Å². The van der Waals surface area contributed by atoms with E-state index in [0.29, 0.717) is 5.82 Å². The summed E-state index contributed by atoms with van der Waals surface area (Å²) < 4.78 is 2.00. The van der Waals surface area contributed by atoms with E-state index in [-0.39, 0.29) is 0 Å². The summed E-state index contributed by atoms with van der Waals surface area (Å²) in [5.74, 6) is 0.709. The van der Waals surface area contributed by atoms with Crippen molar-refractivity contribution >= 4 is 22.7 Å². The summed E-state index contributed by atoms with van der Waals surface area (Å²) in [6.45, 7) is 3.91. The van der Waals surface area contributed by atoms with Crippen molar-refractivity contribution in [3.05, 3.63) is 73.5 Å². The standard InChI is InChI=1S/C18H20N6/c1-4-14(13-23(3)19-2)16-12-21-18-17(20-10-11-24(16)18)22-15-8-6-5-7-9-15/h4-13,19H,1H2,2-3H3,(H,20,22)/b14-13+. The molecule has 2 heterocycles. The Morgan fingerprint density at radius 2 is 2.04 bits per heavy atom. The molecular weight excluding hydrogens is 300 g/mol. The van der Waals surface area contributed by atoms with Gasteiger partial charge in [-0.05, 0) is 12.1 Å². The maximum absolute atomic E-state index is 4.53. The molecule has 0 fully saturated rings. The molecule has 0 spiro atoms. The van der Waals surface area contributed by atoms with Crippen LogP contribution in [0.5, 0.6) is 0 Å². The molecule has 0 bridgehead atoms. The van der Waals surface area contributed by atoms with E-state index in [1.807, 2.05) is 78.5 Å². The third-order valence-corrected chi connectivity index (χ3v) is 3.67. The van der Waals surface area contributed by atoms with Crippen molar-refractivity contribution < 1.29 is 0 Å². The van der Waals surface area contributed by atoms with E-state index in [1.165, 1.54) is 0 Å². The smallest absolute Gasteiger partial charge is 0.180 e. The van der Waals surface area contributed by atoms with Crippen molar-refractivity contribution in [2.75, 3.05) is 19.4 Å². The highest BCUT2D eigenvalue weighted by atomic mass is 15.5. The molecule has 0 saturated heterocycles. The van der Waals surface area contributed by atoms with Crippen molar-refractivity contribution in [2.24, 2.45) is 0 Å². The molecule has 0 amide bonds. The van der Waals surface area contributed by atoms with Gasteiger partial charge in [0.1, 0.15) is 0 Å². The van der Waals surface area contributed by atoms with Crippen molar-refractivity contribution in [3.63, 3.8) is 0 Å². The Morgan fingerprint density at radius 3 is 2.75 bits per heavy atom. The Kier molecular flexibility index (Phi) is 4.58. The highest BCUT2D eigenvalue weighted by molar-refractivity contribution is 5.76. The minimum atomic E-state index is 0.709. The number of fused-ring (bicyclic) bond motifs is 1. The fraction of sp³-hybridized carbons (Fsp3) is 0.111. The number of benzene rings is 1. The van der Waals surface area contributed by atoms with Crippen molar-refractivity contribution in [3.8, 4) is 0 Å². The summed E-state index contributed by atoms with van der Waals surface area (Å²) in [5, 5.41) is 5.17. The lowest BCUT2D eigenvalue weighted by molar-refractivity contribution is 0.366. The van der Waals surface area contributed by atoms with Crippen molar-refractivity contribution in [1.82, 2.24) is 24.8 Å². The lowest BCUT2D eigenvalue weighted by atomic mass is 10.2. The number of aromatic nitrogens is 3. The maximum Gasteiger partial charge on any atom is 0.180 e. The van der Waals surface area contributed by atoms with Gasteiger partial charge in [0.2, 0.25) is 0 Å². The highest BCUT2D eigenvalue weighted by Crippen LogP contribution is 2.23. The van der Waals surface area contributed by atoms with Crippen LogP contribution < -0.4 is 10.7 Å². The number of hydrogen-bond acceptors (Lipinski definition) is 5. The van der Waals surface area contributed by atoms with E-state index < -0.39 is 0 Å². The van der Waals surface area contributed by atoms with Crippen LogP contribution in [0.4, 0.5) is 11.5 Å². The molecule has 6 heteroatoms. The van der Waals surface area contributed by atoms with Crippen LogP contribution in [0.15, 0.2) is 67.8 Å². The Labute approximate surface area is 141 Å². The Hall–Kier alpha value is -3.12. The van der Waals surface area contributed by atoms with Crippen LogP contribution in [0, 0.1) is 0 Å². The summed E-state index contributed by atoms with van der Waals surface area (Å²) in [4.78, 5) is 8.94. The fourth-order valence-electron chi connectivity index (χ4n) is 2.38. The number of hydrazine groups is 1. The van der Waals surface area contributed by atoms with Crippen LogP contribution >= 0.6 is 0 Å². The van der Waals surface area contributed by atoms with E-state index in [1.54, 1.807) is 6.20 Å². The third-order valence-electron chi connectivity index (χ3n) is 3.67. The van der Waals surface area contributed by atoms with Gasteiger partial charge in [-0.15, -0.1) is 0 Å². The molecule has 1 aromatic carbocycles. The molecule has 0 atom stereocenters. The van der Waals surface area contributed by atoms with Gasteiger partial charge in [-0.2, -0.15) is 0 Å². The first-order valence-electron chi connectivity index (χ1n) is 7.62. The molecule has 3 aromatic rings. The Bertz CT molecular complexity index is 866. The van der Waals surface area contributed by atoms with Crippen LogP contribution in [0.3, 0.4) is 0 Å². The molecule has 0 aliphatic carbocycles. The van der Waals surface area contributed by atoms with Crippen molar-refractivity contribution in [2.45, 2.75) is 0 Å². The molecule has 24 heavy (non-hydrogen) atoms. The molecule has 3 rings (SSSR count). The number of rotatable bonds is 6. The van der Waals surface area contributed by atoms with Gasteiger partial charge in [-0.1, -0.05) is 30.9 Å². The summed E-state index contributed by atoms with van der Waals surface area (Å²) in [5.41, 5.74) is 6.67. The number of nitrogens with one attached hydrogen (secondary N) is 2. The second kappa shape index (κ2) is 6.97. The zero-order valence-electron chi connectivity index (χ0n) is 13.8. The second-order valence-electron chi connectivity index (χ2n) is 5.23. The van der Waals surface area contributed by atoms with E-state index in [0.717, 1.165) is 22.6 Å². The average molecular weight is 320 g/mol. The van der Waals surface area contributed by atoms with E-state index in [4.69, 9.17) is 0 Å². The van der Waals surface area contributed by atoms with Gasteiger partial charge >= 0.3 is 0 Å². The normalized spacial score (nSPS) is 11.5. The Balaban J connectivity index is 2.03. The van der Waals surface area contributed by atoms with Gasteiger partial charge in [0.05, 0.1) is 11.9 Å². The minimum Gasteiger partial charge on any atom is -0.337 e. The quantitative estimate of drug-likeness (QED) is 0.540. The van der Waals surface area contributed by atoms with Crippen LogP contribution in [-0.4, -0.2) is 33.5 Å². The molecular formula is C18H20N6. The molecule has 0 unspecified atom stereocenters. The number of para-hydroxylation sites is 1. The van der Waals surface area contributed by atoms with Crippen LogP contribution in [-0.2, 0) is 0 Å². The lowest BCUT2D eigenvalue weighted by Gasteiger charge is -2.13. The van der Waals surface area contributed by atoms with Gasteiger partial charge in [-0.3, -0.25) is 4.40 Å². The van der Waals surface area contributed by atoms with Gasteiger partial charge in [0.15, 0.2) is 11.5 Å². The molecule has 6 nitrogen and oxygen atoms in total. The van der Waals surface area contributed by atoms with E-state index >= 15 is 0 Å². The average Bonchev–Trinajstić information content (AvgIpc) is 3.05. The molecule has 0 saturated carbocycles. The molecule has 2 aromatic heterocycles. The predicted octanol–water partition coefficient (Wildman–Crippen LogP) is 3.07. The number of anilines is 2. The van der Waals surface area contributed by atoms with E-state index in [9.17, 15) is 0 Å². The SMILES string of the molecule is C=C/C(=C\N(C)NC)c1cnc2c(Nc3ccccc3)nccn12. The molecule has 0 aliphatic rings. The monoisotopic (exact) mass is 320 g/mol. The zero-order valence-corrected chi connectivity index (χ0v) is 13.8. The van der Waals surface area contributed by atoms with Gasteiger partial charge < -0.3 is 10.3 Å². The number of nitrogens with zero attached hydrogens (tertiary/aromatic N) is 4. The summed E-state index contributed by atoms with van der Waals surface area (Å²) in [6.07, 6.45) is 9.24. The van der Waals surface area contributed by atoms with Gasteiger partial charge in [0.25, 0.3) is 0 Å². The molecule has 0 aliphatic heterocycles. The molecule has 122 valence electrons. The first-order valence-corrected chi connectivity index (χ1v) is 7.62. The lowest BCUT2D eigenvalue weighted by Crippen LogP contribution is -2.25. The summed E-state index contributed by atoms with van der Waals surface area (Å²) in [6, 6.07) is 9.92. The van der Waals surface area contributed by atoms with Gasteiger partial charge in [0, 0.05) is 43.9 Å². The summed E-state index contributed by atoms with van der Waals surface area (Å²) in [7, 11) is 3.79. The number of imidazole rings is 1. The highest BCUT2D eigenvalue weighted by Gasteiger charge is 2.11. The van der Waals surface area contributed by atoms with Crippen LogP contribution in [0.25, 0.3) is 11.2 Å². The second-order valence-corrected chi connectivity index (χ2v) is 5.23. The minimum absolute atomic E-state index is 0.709. The van der Waals surface area contributed by atoms with E-state index in [2.05, 4.69) is 27.3 Å². The van der Waals surface area contributed by atoms with Crippen LogP contribution in [0.1, 0.15) is 5.69 Å². The largest absolute Gasteiger partial charge is 0.337 e. The predicted molar refractivity (Wildman–Crippen MR) is 97.7 cm³/mol. The summed E-state index contributed by atoms with van der Waals surface area (Å²) >= 11 is 0. The fourth-order valence-corrected chi connectivity index (χ4v) is 2.38. The molecule has 0 radical (unpaired) electrons. The maximum atomic E-state index is 4.53. The number of allylic oxidation sites excluding steroid dienone is 2. The first kappa shape index (κ1) is 15.8. The Morgan fingerprint density at radius 1 is 1.25 bits per heavy atom. The zero-order chi connectivity index (χ0) is 16.9. The first-order chi connectivity index (χ1) is 11.7. The third kappa shape index (κ3) is 3.13. The van der Waals surface area contributed by atoms with Crippen LogP contribution in [0.2, 0.25) is 0 Å².